The van der Waals surface area contributed by atoms with Gasteiger partial charge < -0.3 is 34.3 Å². The molecule has 0 radical (unpaired) electrons. The monoisotopic (exact) mass is 526 g/mol. The number of esters is 3. The standard InChI is InChI=1S/C28H30O10/c1-35-28(27(34)38-18-21-6-12-24(31)13-7-21,14-25(32)36-16-19-2-8-22(29)9-3-19)15-26(33)37-17-20-4-10-23(30)11-5-20/h2-4,6-13,20,29-31H,5,14-18H2,1H3. The molecule has 202 valence electrons. The average Bonchev–Trinajstić information content (AvgIpc) is 2.91. The second-order valence-electron chi connectivity index (χ2n) is 8.79. The summed E-state index contributed by atoms with van der Waals surface area (Å²) in [5, 5.41) is 28.3. The smallest absolute Gasteiger partial charge is 0.339 e. The van der Waals surface area contributed by atoms with Crippen molar-refractivity contribution in [3.8, 4) is 11.5 Å². The minimum Gasteiger partial charge on any atom is -0.508 e. The summed E-state index contributed by atoms with van der Waals surface area (Å²) in [5.41, 5.74) is -0.839. The van der Waals surface area contributed by atoms with Gasteiger partial charge in [-0.1, -0.05) is 30.3 Å². The van der Waals surface area contributed by atoms with E-state index in [9.17, 15) is 29.7 Å². The van der Waals surface area contributed by atoms with Gasteiger partial charge in [-0.05, 0) is 54.0 Å². The predicted molar refractivity (Wildman–Crippen MR) is 134 cm³/mol. The van der Waals surface area contributed by atoms with Crippen molar-refractivity contribution in [1.29, 1.82) is 0 Å². The van der Waals surface area contributed by atoms with Gasteiger partial charge in [0.25, 0.3) is 0 Å². The molecule has 2 aromatic carbocycles. The van der Waals surface area contributed by atoms with E-state index in [1.807, 2.05) is 0 Å². The van der Waals surface area contributed by atoms with Gasteiger partial charge in [0.1, 0.15) is 30.5 Å². The molecule has 0 saturated carbocycles. The number of benzene rings is 2. The van der Waals surface area contributed by atoms with Crippen LogP contribution in [0.3, 0.4) is 0 Å². The highest BCUT2D eigenvalue weighted by Crippen LogP contribution is 2.26. The maximum absolute atomic E-state index is 13.2. The molecule has 0 aromatic heterocycles. The van der Waals surface area contributed by atoms with E-state index in [0.717, 1.165) is 0 Å². The van der Waals surface area contributed by atoms with E-state index in [0.29, 0.717) is 17.5 Å². The van der Waals surface area contributed by atoms with E-state index in [4.69, 9.17) is 18.9 Å². The Bertz CT molecular complexity index is 1170. The zero-order valence-electron chi connectivity index (χ0n) is 20.9. The molecule has 38 heavy (non-hydrogen) atoms. The van der Waals surface area contributed by atoms with Crippen LogP contribution in [-0.4, -0.2) is 52.5 Å². The van der Waals surface area contributed by atoms with Crippen molar-refractivity contribution in [2.75, 3.05) is 13.7 Å². The average molecular weight is 527 g/mol. The molecule has 0 fully saturated rings. The minimum atomic E-state index is -2.01. The molecule has 0 spiro atoms. The number of phenols is 2. The number of methoxy groups -OCH3 is 1. The van der Waals surface area contributed by atoms with Crippen LogP contribution < -0.4 is 0 Å². The van der Waals surface area contributed by atoms with Gasteiger partial charge in [0.2, 0.25) is 0 Å². The van der Waals surface area contributed by atoms with Crippen LogP contribution in [-0.2, 0) is 46.5 Å². The Morgan fingerprint density at radius 1 is 0.816 bits per heavy atom. The fraction of sp³-hybridized carbons (Fsp3) is 0.321. The second kappa shape index (κ2) is 13.3. The van der Waals surface area contributed by atoms with Crippen molar-refractivity contribution >= 4 is 17.9 Å². The largest absolute Gasteiger partial charge is 0.508 e. The Labute approximate surface area is 219 Å². The fourth-order valence-electron chi connectivity index (χ4n) is 3.61. The van der Waals surface area contributed by atoms with Crippen molar-refractivity contribution in [1.82, 2.24) is 0 Å². The maximum atomic E-state index is 13.2. The maximum Gasteiger partial charge on any atom is 0.339 e. The third kappa shape index (κ3) is 8.38. The van der Waals surface area contributed by atoms with Crippen LogP contribution in [0.25, 0.3) is 0 Å². The molecule has 2 aromatic rings. The van der Waals surface area contributed by atoms with Crippen LogP contribution >= 0.6 is 0 Å². The SMILES string of the molecule is COC(CC(=O)OCc1ccc(O)cc1)(CC(=O)OCC1C=CC(O)=CC1)C(=O)OCc1ccc(O)cc1. The highest BCUT2D eigenvalue weighted by molar-refractivity contribution is 5.90. The number of ether oxygens (including phenoxy) is 4. The molecule has 3 N–H and O–H groups in total. The van der Waals surface area contributed by atoms with Gasteiger partial charge in [-0.3, -0.25) is 9.59 Å². The van der Waals surface area contributed by atoms with E-state index in [1.54, 1.807) is 36.4 Å². The Balaban J connectivity index is 1.67. The lowest BCUT2D eigenvalue weighted by Gasteiger charge is -2.28. The number of allylic oxidation sites excluding steroid dienone is 2. The Hall–Kier alpha value is -4.31. The van der Waals surface area contributed by atoms with Crippen LogP contribution in [0.4, 0.5) is 0 Å². The van der Waals surface area contributed by atoms with Crippen molar-refractivity contribution in [3.05, 3.63) is 83.6 Å². The lowest BCUT2D eigenvalue weighted by atomic mass is 9.95. The number of aliphatic hydroxyl groups is 1. The molecular weight excluding hydrogens is 496 g/mol. The Morgan fingerprint density at radius 3 is 1.84 bits per heavy atom. The van der Waals surface area contributed by atoms with Gasteiger partial charge in [-0.25, -0.2) is 4.79 Å². The predicted octanol–water partition coefficient (Wildman–Crippen LogP) is 3.61. The quantitative estimate of drug-likeness (QED) is 0.277. The van der Waals surface area contributed by atoms with E-state index in [1.165, 1.54) is 37.5 Å². The lowest BCUT2D eigenvalue weighted by molar-refractivity contribution is -0.183. The molecular formula is C28H30O10. The van der Waals surface area contributed by atoms with Crippen LogP contribution in [0, 0.1) is 5.92 Å². The van der Waals surface area contributed by atoms with Gasteiger partial charge in [0, 0.05) is 13.0 Å². The fourth-order valence-corrected chi connectivity index (χ4v) is 3.61. The number of hydrogen-bond acceptors (Lipinski definition) is 10. The third-order valence-corrected chi connectivity index (χ3v) is 5.89. The molecule has 1 aliphatic carbocycles. The van der Waals surface area contributed by atoms with Gasteiger partial charge in [-0.2, -0.15) is 0 Å². The zero-order chi connectivity index (χ0) is 27.5. The summed E-state index contributed by atoms with van der Waals surface area (Å²) in [6, 6.07) is 12.0. The van der Waals surface area contributed by atoms with Crippen LogP contribution in [0.5, 0.6) is 11.5 Å². The van der Waals surface area contributed by atoms with Crippen LogP contribution in [0.1, 0.15) is 30.4 Å². The van der Waals surface area contributed by atoms with Gasteiger partial charge in [0.05, 0.1) is 19.4 Å². The third-order valence-electron chi connectivity index (χ3n) is 5.89. The minimum absolute atomic E-state index is 0.00671. The normalized spacial score (nSPS) is 16.1. The molecule has 0 amide bonds. The van der Waals surface area contributed by atoms with Gasteiger partial charge in [0.15, 0.2) is 5.60 Å². The first-order chi connectivity index (χ1) is 18.2. The lowest BCUT2D eigenvalue weighted by Crippen LogP contribution is -2.46. The summed E-state index contributed by atoms with van der Waals surface area (Å²) >= 11 is 0. The van der Waals surface area contributed by atoms with E-state index in [2.05, 4.69) is 0 Å². The zero-order valence-corrected chi connectivity index (χ0v) is 20.9. The van der Waals surface area contributed by atoms with Crippen molar-refractivity contribution in [3.63, 3.8) is 0 Å². The summed E-state index contributed by atoms with van der Waals surface area (Å²) in [7, 11) is 1.18. The molecule has 0 bridgehead atoms. The summed E-state index contributed by atoms with van der Waals surface area (Å²) in [6.45, 7) is -0.308. The van der Waals surface area contributed by atoms with Gasteiger partial charge >= 0.3 is 17.9 Å². The molecule has 2 atom stereocenters. The highest BCUT2D eigenvalue weighted by Gasteiger charge is 2.46. The second-order valence-corrected chi connectivity index (χ2v) is 8.79. The highest BCUT2D eigenvalue weighted by atomic mass is 16.6. The molecule has 3 rings (SSSR count). The first kappa shape index (κ1) is 28.3. The number of rotatable bonds is 12. The van der Waals surface area contributed by atoms with Crippen molar-refractivity contribution in [2.45, 2.75) is 38.1 Å². The number of aliphatic hydroxyl groups excluding tert-OH is 1. The summed E-state index contributed by atoms with van der Waals surface area (Å²) in [5.74, 6) is -2.47. The number of carbonyl (C=O) groups is 3. The molecule has 2 unspecified atom stereocenters. The van der Waals surface area contributed by atoms with E-state index < -0.39 is 36.4 Å². The Morgan fingerprint density at radius 2 is 1.34 bits per heavy atom. The first-order valence-corrected chi connectivity index (χ1v) is 11.9. The molecule has 0 saturated heterocycles. The van der Waals surface area contributed by atoms with Crippen molar-refractivity contribution in [2.24, 2.45) is 5.92 Å². The number of carbonyl (C=O) groups excluding carboxylic acids is 3. The Kier molecular flexibility index (Phi) is 9.89. The topological polar surface area (TPSA) is 149 Å². The molecule has 10 heteroatoms. The molecule has 1 aliphatic rings. The van der Waals surface area contributed by atoms with Crippen LogP contribution in [0.15, 0.2) is 72.5 Å². The van der Waals surface area contributed by atoms with E-state index in [-0.39, 0.29) is 43.0 Å². The van der Waals surface area contributed by atoms with Crippen molar-refractivity contribution < 1.29 is 48.7 Å². The summed E-state index contributed by atoms with van der Waals surface area (Å²) in [6.07, 6.45) is 4.06. The summed E-state index contributed by atoms with van der Waals surface area (Å²) in [4.78, 5) is 38.6. The van der Waals surface area contributed by atoms with Crippen LogP contribution in [0.2, 0.25) is 0 Å². The number of aromatic hydroxyl groups is 2. The van der Waals surface area contributed by atoms with Gasteiger partial charge in [-0.15, -0.1) is 0 Å². The summed E-state index contributed by atoms with van der Waals surface area (Å²) < 4.78 is 21.4. The first-order valence-electron chi connectivity index (χ1n) is 11.9. The number of hydrogen-bond donors (Lipinski definition) is 3. The van der Waals surface area contributed by atoms with E-state index >= 15 is 0 Å². The molecule has 10 nitrogen and oxygen atoms in total. The molecule has 0 heterocycles. The molecule has 0 aliphatic heterocycles. The number of phenolic OH excluding ortho intramolecular Hbond substituents is 2.